The van der Waals surface area contributed by atoms with Gasteiger partial charge < -0.3 is 0 Å². The quantitative estimate of drug-likeness (QED) is 0.841. The molecule has 1 N–H and O–H groups in total. The number of halogens is 5. The van der Waals surface area contributed by atoms with Gasteiger partial charge in [-0.1, -0.05) is 0 Å². The standard InChI is InChI=1S/C10H10Cl2F3NO2S/c1-10(4-11,5-12)16-19(17,18)9-7(14)2-6(13)3-8(9)15/h2-3,16H,4-5H2,1H3. The van der Waals surface area contributed by atoms with Crippen LogP contribution in [0.15, 0.2) is 17.0 Å². The zero-order valence-electron chi connectivity index (χ0n) is 9.68. The summed E-state index contributed by atoms with van der Waals surface area (Å²) < 4.78 is 65.3. The van der Waals surface area contributed by atoms with E-state index in [0.717, 1.165) is 0 Å². The van der Waals surface area contributed by atoms with Gasteiger partial charge in [-0.2, -0.15) is 0 Å². The van der Waals surface area contributed by atoms with E-state index in [2.05, 4.69) is 0 Å². The predicted octanol–water partition coefficient (Wildman–Crippen LogP) is 2.62. The van der Waals surface area contributed by atoms with Crippen molar-refractivity contribution in [3.05, 3.63) is 29.6 Å². The monoisotopic (exact) mass is 335 g/mol. The molecular weight excluding hydrogens is 326 g/mol. The van der Waals surface area contributed by atoms with Crippen LogP contribution in [0.1, 0.15) is 6.92 Å². The van der Waals surface area contributed by atoms with E-state index in [1.807, 2.05) is 4.72 Å². The van der Waals surface area contributed by atoms with Crippen LogP contribution in [0.3, 0.4) is 0 Å². The Labute approximate surface area is 118 Å². The molecule has 0 fully saturated rings. The minimum Gasteiger partial charge on any atom is -0.207 e. The van der Waals surface area contributed by atoms with Crippen LogP contribution in [0.2, 0.25) is 0 Å². The summed E-state index contributed by atoms with van der Waals surface area (Å²) in [6.45, 7) is 1.36. The number of nitrogens with one attached hydrogen (secondary N) is 1. The van der Waals surface area contributed by atoms with Crippen molar-refractivity contribution in [3.8, 4) is 0 Å². The van der Waals surface area contributed by atoms with Crippen molar-refractivity contribution in [2.45, 2.75) is 17.4 Å². The van der Waals surface area contributed by atoms with Gasteiger partial charge in [0.2, 0.25) is 10.0 Å². The molecule has 0 aliphatic rings. The van der Waals surface area contributed by atoms with Gasteiger partial charge in [0.1, 0.15) is 17.5 Å². The second kappa shape index (κ2) is 5.87. The average Bonchev–Trinajstić information content (AvgIpc) is 2.26. The van der Waals surface area contributed by atoms with Crippen LogP contribution in [0.4, 0.5) is 13.2 Å². The summed E-state index contributed by atoms with van der Waals surface area (Å²) in [5.74, 6) is -4.69. The fourth-order valence-electron chi connectivity index (χ4n) is 1.25. The lowest BCUT2D eigenvalue weighted by atomic mass is 10.1. The Kier molecular flexibility index (Phi) is 5.11. The van der Waals surface area contributed by atoms with E-state index in [-0.39, 0.29) is 23.9 Å². The van der Waals surface area contributed by atoms with Gasteiger partial charge in [-0.05, 0) is 6.92 Å². The average molecular weight is 336 g/mol. The van der Waals surface area contributed by atoms with E-state index in [4.69, 9.17) is 23.2 Å². The summed E-state index contributed by atoms with van der Waals surface area (Å²) in [6.07, 6.45) is 0. The Morgan fingerprint density at radius 2 is 1.58 bits per heavy atom. The minimum atomic E-state index is -4.56. The maximum Gasteiger partial charge on any atom is 0.247 e. The first-order valence-electron chi connectivity index (χ1n) is 4.95. The summed E-state index contributed by atoms with van der Waals surface area (Å²) >= 11 is 11.1. The number of rotatable bonds is 5. The van der Waals surface area contributed by atoms with Gasteiger partial charge in [-0.25, -0.2) is 26.3 Å². The third-order valence-corrected chi connectivity index (χ3v) is 5.07. The molecule has 0 unspecified atom stereocenters. The van der Waals surface area contributed by atoms with Crippen LogP contribution in [0, 0.1) is 17.5 Å². The molecule has 0 spiro atoms. The Morgan fingerprint density at radius 3 is 1.95 bits per heavy atom. The zero-order chi connectivity index (χ0) is 14.8. The van der Waals surface area contributed by atoms with E-state index in [0.29, 0.717) is 0 Å². The minimum absolute atomic E-state index is 0.208. The van der Waals surface area contributed by atoms with Crippen molar-refractivity contribution in [2.24, 2.45) is 0 Å². The molecule has 0 aromatic heterocycles. The molecule has 0 atom stereocenters. The molecule has 0 bridgehead atoms. The lowest BCUT2D eigenvalue weighted by molar-refractivity contribution is 0.472. The van der Waals surface area contributed by atoms with Gasteiger partial charge in [-0.15, -0.1) is 23.2 Å². The van der Waals surface area contributed by atoms with Crippen LogP contribution in [-0.4, -0.2) is 25.7 Å². The van der Waals surface area contributed by atoms with Gasteiger partial charge in [0, 0.05) is 23.9 Å². The van der Waals surface area contributed by atoms with Crippen molar-refractivity contribution >= 4 is 33.2 Å². The van der Waals surface area contributed by atoms with E-state index >= 15 is 0 Å². The van der Waals surface area contributed by atoms with Gasteiger partial charge in [0.25, 0.3) is 0 Å². The lowest BCUT2D eigenvalue weighted by Gasteiger charge is -2.25. The highest BCUT2D eigenvalue weighted by Crippen LogP contribution is 2.22. The number of benzene rings is 1. The van der Waals surface area contributed by atoms with Crippen molar-refractivity contribution in [1.29, 1.82) is 0 Å². The fourth-order valence-corrected chi connectivity index (χ4v) is 3.36. The molecule has 1 aromatic rings. The second-order valence-corrected chi connectivity index (χ2v) is 6.29. The van der Waals surface area contributed by atoms with E-state index < -0.39 is 37.9 Å². The zero-order valence-corrected chi connectivity index (χ0v) is 12.0. The first-order valence-corrected chi connectivity index (χ1v) is 7.51. The molecular formula is C10H10Cl2F3NO2S. The molecule has 0 aliphatic heterocycles. The topological polar surface area (TPSA) is 46.2 Å². The molecule has 0 heterocycles. The number of sulfonamides is 1. The first-order chi connectivity index (χ1) is 8.65. The smallest absolute Gasteiger partial charge is 0.207 e. The molecule has 108 valence electrons. The molecule has 0 saturated carbocycles. The summed E-state index contributed by atoms with van der Waals surface area (Å²) in [5.41, 5.74) is -1.28. The first kappa shape index (κ1) is 16.6. The van der Waals surface area contributed by atoms with Gasteiger partial charge in [0.05, 0.1) is 5.54 Å². The van der Waals surface area contributed by atoms with Crippen LogP contribution in [0.25, 0.3) is 0 Å². The number of alkyl halides is 2. The SMILES string of the molecule is CC(CCl)(CCl)NS(=O)(=O)c1c(F)cc(F)cc1F. The Balaban J connectivity index is 3.29. The molecule has 0 radical (unpaired) electrons. The highest BCUT2D eigenvalue weighted by molar-refractivity contribution is 7.89. The van der Waals surface area contributed by atoms with Crippen LogP contribution >= 0.6 is 23.2 Å². The summed E-state index contributed by atoms with van der Waals surface area (Å²) in [5, 5.41) is 0. The highest BCUT2D eigenvalue weighted by Gasteiger charge is 2.33. The van der Waals surface area contributed by atoms with E-state index in [1.54, 1.807) is 0 Å². The second-order valence-electron chi connectivity index (χ2n) is 4.13. The summed E-state index contributed by atoms with van der Waals surface area (Å²) in [6, 6.07) is 0.548. The van der Waals surface area contributed by atoms with Crippen LogP contribution in [0.5, 0.6) is 0 Å². The summed E-state index contributed by atoms with van der Waals surface area (Å²) in [7, 11) is -4.56. The lowest BCUT2D eigenvalue weighted by Crippen LogP contribution is -2.49. The summed E-state index contributed by atoms with van der Waals surface area (Å²) in [4.78, 5) is -1.27. The van der Waals surface area contributed by atoms with Crippen molar-refractivity contribution in [1.82, 2.24) is 4.72 Å². The van der Waals surface area contributed by atoms with E-state index in [1.165, 1.54) is 6.92 Å². The highest BCUT2D eigenvalue weighted by atomic mass is 35.5. The fraction of sp³-hybridized carbons (Fsp3) is 0.400. The molecule has 0 saturated heterocycles. The molecule has 1 aromatic carbocycles. The molecule has 3 nitrogen and oxygen atoms in total. The molecule has 0 aliphatic carbocycles. The molecule has 9 heteroatoms. The largest absolute Gasteiger partial charge is 0.247 e. The Morgan fingerprint density at radius 1 is 1.16 bits per heavy atom. The molecule has 0 amide bonds. The molecule has 19 heavy (non-hydrogen) atoms. The number of hydrogen-bond donors (Lipinski definition) is 1. The maximum absolute atomic E-state index is 13.4. The number of hydrogen-bond acceptors (Lipinski definition) is 2. The van der Waals surface area contributed by atoms with Crippen LogP contribution < -0.4 is 4.72 Å². The molecule has 1 rings (SSSR count). The van der Waals surface area contributed by atoms with Crippen molar-refractivity contribution in [3.63, 3.8) is 0 Å². The third kappa shape index (κ3) is 3.75. The van der Waals surface area contributed by atoms with Crippen molar-refractivity contribution < 1.29 is 21.6 Å². The Hall–Kier alpha value is -0.500. The normalized spacial score (nSPS) is 12.7. The van der Waals surface area contributed by atoms with Gasteiger partial charge >= 0.3 is 0 Å². The Bertz CT molecular complexity index is 553. The van der Waals surface area contributed by atoms with E-state index in [9.17, 15) is 21.6 Å². The third-order valence-electron chi connectivity index (χ3n) is 2.20. The maximum atomic E-state index is 13.4. The van der Waals surface area contributed by atoms with Gasteiger partial charge in [-0.3, -0.25) is 0 Å². The van der Waals surface area contributed by atoms with Crippen molar-refractivity contribution in [2.75, 3.05) is 11.8 Å². The van der Waals surface area contributed by atoms with Crippen LogP contribution in [-0.2, 0) is 10.0 Å². The predicted molar refractivity (Wildman–Crippen MR) is 66.5 cm³/mol. The van der Waals surface area contributed by atoms with Gasteiger partial charge in [0.15, 0.2) is 4.90 Å².